The second-order valence-electron chi connectivity index (χ2n) is 15.7. The Morgan fingerprint density at radius 1 is 0.623 bits per heavy atom. The van der Waals surface area contributed by atoms with Crippen molar-refractivity contribution in [3.63, 3.8) is 0 Å². The molecule has 1 aliphatic rings. The summed E-state index contributed by atoms with van der Waals surface area (Å²) in [4.78, 5) is 29.4. The van der Waals surface area contributed by atoms with Gasteiger partial charge in [0.1, 0.15) is 6.04 Å². The zero-order valence-electron chi connectivity index (χ0n) is 35.4. The van der Waals surface area contributed by atoms with Crippen molar-refractivity contribution in [1.82, 2.24) is 9.80 Å². The number of unbranched alkanes of at least 4 members (excludes halogenated alkanes) is 18. The Bertz CT molecular complexity index is 939. The number of esters is 1. The smallest absolute Gasteiger partial charge is 0.410 e. The van der Waals surface area contributed by atoms with Gasteiger partial charge in [0, 0.05) is 12.6 Å². The summed E-state index contributed by atoms with van der Waals surface area (Å²) in [6.07, 6.45) is 51.1. The first-order valence-corrected chi connectivity index (χ1v) is 22.2. The maximum atomic E-state index is 13.3. The third-order valence-corrected chi connectivity index (χ3v) is 10.8. The molecule has 0 saturated carbocycles. The van der Waals surface area contributed by atoms with Crippen molar-refractivity contribution in [2.45, 2.75) is 199 Å². The number of methoxy groups -OCH3 is 1. The van der Waals surface area contributed by atoms with Crippen LogP contribution in [0.5, 0.6) is 0 Å². The maximum Gasteiger partial charge on any atom is 0.410 e. The van der Waals surface area contributed by atoms with Gasteiger partial charge >= 0.3 is 12.1 Å². The van der Waals surface area contributed by atoms with Crippen molar-refractivity contribution in [2.24, 2.45) is 5.92 Å². The molecule has 0 aromatic heterocycles. The Kier molecular flexibility index (Phi) is 32.5. The summed E-state index contributed by atoms with van der Waals surface area (Å²) < 4.78 is 11.0. The van der Waals surface area contributed by atoms with Gasteiger partial charge in [-0.3, -0.25) is 4.90 Å². The van der Waals surface area contributed by atoms with E-state index in [4.69, 9.17) is 9.47 Å². The second kappa shape index (κ2) is 35.4. The predicted octanol–water partition coefficient (Wildman–Crippen LogP) is 13.3. The maximum absolute atomic E-state index is 13.3. The van der Waals surface area contributed by atoms with Gasteiger partial charge in [-0.15, -0.1) is 0 Å². The summed E-state index contributed by atoms with van der Waals surface area (Å²) in [7, 11) is 5.37. The first kappa shape index (κ1) is 48.7. The molecule has 0 N–H and O–H groups in total. The Morgan fingerprint density at radius 2 is 1.04 bits per heavy atom. The number of carbonyl (C=O) groups is 2. The third-order valence-electron chi connectivity index (χ3n) is 10.8. The molecular formula is C47H84N2O4. The van der Waals surface area contributed by atoms with Crippen LogP contribution in [0.25, 0.3) is 0 Å². The highest BCUT2D eigenvalue weighted by molar-refractivity contribution is 5.82. The number of allylic oxidation sites excluding steroid dienone is 8. The summed E-state index contributed by atoms with van der Waals surface area (Å²) in [6.45, 7) is 5.45. The average molecular weight is 741 g/mol. The molecule has 0 aliphatic carbocycles. The zero-order chi connectivity index (χ0) is 38.6. The van der Waals surface area contributed by atoms with Crippen LogP contribution in [-0.4, -0.2) is 68.3 Å². The van der Waals surface area contributed by atoms with E-state index in [1.165, 1.54) is 148 Å². The van der Waals surface area contributed by atoms with Crippen molar-refractivity contribution >= 4 is 12.1 Å². The molecule has 1 rings (SSSR count). The Hall–Kier alpha value is -2.34. The van der Waals surface area contributed by atoms with E-state index >= 15 is 0 Å². The summed E-state index contributed by atoms with van der Waals surface area (Å²) in [5.74, 6) is 0.0185. The van der Waals surface area contributed by atoms with Gasteiger partial charge in [0.25, 0.3) is 0 Å². The van der Waals surface area contributed by atoms with Crippen LogP contribution in [0.3, 0.4) is 0 Å². The van der Waals surface area contributed by atoms with Crippen LogP contribution in [0.1, 0.15) is 187 Å². The molecule has 306 valence electrons. The van der Waals surface area contributed by atoms with Crippen molar-refractivity contribution < 1.29 is 19.1 Å². The quantitative estimate of drug-likeness (QED) is 0.0373. The topological polar surface area (TPSA) is 59.1 Å². The lowest BCUT2D eigenvalue weighted by molar-refractivity contribution is -0.145. The minimum atomic E-state index is -0.571. The average Bonchev–Trinajstić information content (AvgIpc) is 3.62. The van der Waals surface area contributed by atoms with Crippen molar-refractivity contribution in [3.8, 4) is 0 Å². The van der Waals surface area contributed by atoms with Gasteiger partial charge in [-0.2, -0.15) is 0 Å². The highest BCUT2D eigenvalue weighted by Gasteiger charge is 2.42. The van der Waals surface area contributed by atoms with E-state index in [1.54, 1.807) is 4.90 Å². The van der Waals surface area contributed by atoms with Gasteiger partial charge < -0.3 is 14.4 Å². The first-order chi connectivity index (χ1) is 25.9. The molecule has 2 atom stereocenters. The lowest BCUT2D eigenvalue weighted by Crippen LogP contribution is -2.42. The number of hydrogen-bond acceptors (Lipinski definition) is 5. The van der Waals surface area contributed by atoms with E-state index in [-0.39, 0.29) is 18.1 Å². The molecular weight excluding hydrogens is 657 g/mol. The van der Waals surface area contributed by atoms with Gasteiger partial charge in [0.15, 0.2) is 0 Å². The first-order valence-electron chi connectivity index (χ1n) is 22.2. The number of ether oxygens (including phenoxy) is 2. The standard InChI is InChI=1S/C47H84N2O4/c1-6-8-10-12-14-16-18-20-22-24-26-28-30-32-34-36-38-43(42-53-47(51)49-41-44(48(3)4)40-45(49)46(50)52-5)39-37-35-33-31-29-27-25-23-21-19-17-15-13-11-9-7-2/h14-17,20-23,43-45H,6-13,18-19,24-42H2,1-5H3/t43?,44-,45-/m0/s1. The lowest BCUT2D eigenvalue weighted by atomic mass is 9.94. The summed E-state index contributed by atoms with van der Waals surface area (Å²) in [6, 6.07) is -0.447. The Labute approximate surface area is 328 Å². The fraction of sp³-hybridized carbons (Fsp3) is 0.787. The predicted molar refractivity (Wildman–Crippen MR) is 227 cm³/mol. The van der Waals surface area contributed by atoms with Gasteiger partial charge in [0.05, 0.1) is 13.7 Å². The molecule has 1 heterocycles. The van der Waals surface area contributed by atoms with E-state index in [9.17, 15) is 9.59 Å². The van der Waals surface area contributed by atoms with Crippen LogP contribution < -0.4 is 0 Å². The van der Waals surface area contributed by atoms with Gasteiger partial charge in [0.2, 0.25) is 0 Å². The Morgan fingerprint density at radius 3 is 1.45 bits per heavy atom. The van der Waals surface area contributed by atoms with Gasteiger partial charge in [-0.05, 0) is 103 Å². The van der Waals surface area contributed by atoms with E-state index in [2.05, 4.69) is 67.4 Å². The van der Waals surface area contributed by atoms with E-state index in [1.807, 2.05) is 14.1 Å². The largest absolute Gasteiger partial charge is 0.467 e. The number of hydrogen-bond donors (Lipinski definition) is 0. The third kappa shape index (κ3) is 27.0. The molecule has 0 spiro atoms. The highest BCUT2D eigenvalue weighted by Crippen LogP contribution is 2.25. The minimum Gasteiger partial charge on any atom is -0.467 e. The van der Waals surface area contributed by atoms with Crippen LogP contribution in [-0.2, 0) is 14.3 Å². The fourth-order valence-electron chi connectivity index (χ4n) is 7.17. The number of likely N-dealkylation sites (N-methyl/N-ethyl adjacent to an activating group) is 1. The van der Waals surface area contributed by atoms with Crippen LogP contribution in [0.15, 0.2) is 48.6 Å². The number of carbonyl (C=O) groups excluding carboxylic acids is 2. The molecule has 0 aromatic rings. The fourth-order valence-corrected chi connectivity index (χ4v) is 7.17. The van der Waals surface area contributed by atoms with Gasteiger partial charge in [-0.25, -0.2) is 9.59 Å². The van der Waals surface area contributed by atoms with Crippen molar-refractivity contribution in [2.75, 3.05) is 34.4 Å². The molecule has 0 radical (unpaired) electrons. The number of nitrogens with zero attached hydrogens (tertiary/aromatic N) is 2. The highest BCUT2D eigenvalue weighted by atomic mass is 16.6. The molecule has 1 fully saturated rings. The number of likely N-dealkylation sites (tertiary alicyclic amines) is 1. The molecule has 53 heavy (non-hydrogen) atoms. The van der Waals surface area contributed by atoms with Crippen LogP contribution in [0.4, 0.5) is 4.79 Å². The van der Waals surface area contributed by atoms with Crippen LogP contribution in [0.2, 0.25) is 0 Å². The van der Waals surface area contributed by atoms with Crippen LogP contribution in [0, 0.1) is 5.92 Å². The van der Waals surface area contributed by atoms with Crippen LogP contribution >= 0.6 is 0 Å². The zero-order valence-corrected chi connectivity index (χ0v) is 35.4. The summed E-state index contributed by atoms with van der Waals surface area (Å²) >= 11 is 0. The van der Waals surface area contributed by atoms with Crippen molar-refractivity contribution in [3.05, 3.63) is 48.6 Å². The molecule has 0 bridgehead atoms. The normalized spacial score (nSPS) is 17.1. The Balaban J connectivity index is 2.38. The molecule has 6 nitrogen and oxygen atoms in total. The van der Waals surface area contributed by atoms with E-state index < -0.39 is 6.04 Å². The summed E-state index contributed by atoms with van der Waals surface area (Å²) in [5, 5.41) is 0. The number of amides is 1. The van der Waals surface area contributed by atoms with Gasteiger partial charge in [-0.1, -0.05) is 152 Å². The monoisotopic (exact) mass is 741 g/mol. The molecule has 1 aliphatic heterocycles. The lowest BCUT2D eigenvalue weighted by Gasteiger charge is -2.24. The molecule has 0 unspecified atom stereocenters. The molecule has 1 amide bonds. The molecule has 0 aromatic carbocycles. The second-order valence-corrected chi connectivity index (χ2v) is 15.7. The van der Waals surface area contributed by atoms with Crippen molar-refractivity contribution in [1.29, 1.82) is 0 Å². The van der Waals surface area contributed by atoms with E-state index in [0.29, 0.717) is 25.5 Å². The molecule has 6 heteroatoms. The summed E-state index contributed by atoms with van der Waals surface area (Å²) in [5.41, 5.74) is 0. The molecule has 1 saturated heterocycles. The SMILES string of the molecule is CCCCCC=CCC=CCCCCCCCCC(CCCCCCCCC=CCC=CCCCCC)COC(=O)N1C[C@@H](N(C)C)C[C@H]1C(=O)OC. The van der Waals surface area contributed by atoms with E-state index in [0.717, 1.165) is 25.7 Å². The number of rotatable bonds is 34. The minimum absolute atomic E-state index is 0.124.